The van der Waals surface area contributed by atoms with Crippen molar-refractivity contribution in [2.24, 2.45) is 0 Å². The van der Waals surface area contributed by atoms with Gasteiger partial charge in [0.1, 0.15) is 4.60 Å². The molecule has 1 aromatic heterocycles. The summed E-state index contributed by atoms with van der Waals surface area (Å²) in [6.45, 7) is 1.80. The molecule has 0 unspecified atom stereocenters. The van der Waals surface area contributed by atoms with Crippen LogP contribution in [-0.2, 0) is 0 Å². The third-order valence-corrected chi connectivity index (χ3v) is 3.44. The average molecular weight is 342 g/mol. The highest BCUT2D eigenvalue weighted by molar-refractivity contribution is 9.10. The zero-order valence-corrected chi connectivity index (χ0v) is 12.0. The molecular formula is C13H10BrF2N3O. The van der Waals surface area contributed by atoms with Crippen LogP contribution in [0.25, 0.3) is 0 Å². The molecule has 4 nitrogen and oxygen atoms in total. The molecule has 20 heavy (non-hydrogen) atoms. The highest BCUT2D eigenvalue weighted by atomic mass is 79.9. The highest BCUT2D eigenvalue weighted by Gasteiger charge is 2.15. The predicted octanol–water partition coefficient (Wildman–Crippen LogP) is 3.27. The topological polar surface area (TPSA) is 68.0 Å². The summed E-state index contributed by atoms with van der Waals surface area (Å²) in [5, 5.41) is 2.52. The molecule has 7 heteroatoms. The summed E-state index contributed by atoms with van der Waals surface area (Å²) in [5.74, 6) is -2.86. The van der Waals surface area contributed by atoms with E-state index in [1.165, 1.54) is 6.20 Å². The van der Waals surface area contributed by atoms with Crippen LogP contribution in [0.15, 0.2) is 29.0 Å². The Kier molecular flexibility index (Phi) is 3.99. The molecule has 0 spiro atoms. The van der Waals surface area contributed by atoms with E-state index in [0.29, 0.717) is 10.3 Å². The number of nitrogens with two attached hydrogens (primary N) is 1. The van der Waals surface area contributed by atoms with Crippen molar-refractivity contribution in [1.29, 1.82) is 0 Å². The maximum Gasteiger partial charge on any atom is 0.257 e. The lowest BCUT2D eigenvalue weighted by atomic mass is 10.1. The first kappa shape index (κ1) is 14.4. The van der Waals surface area contributed by atoms with Crippen molar-refractivity contribution >= 4 is 33.2 Å². The SMILES string of the molecule is Cc1cc(NC(=O)c2cc(F)c(F)cc2N)cnc1Br. The average Bonchev–Trinajstić information content (AvgIpc) is 2.38. The molecular weight excluding hydrogens is 332 g/mol. The zero-order valence-electron chi connectivity index (χ0n) is 10.4. The minimum Gasteiger partial charge on any atom is -0.398 e. The van der Waals surface area contributed by atoms with Gasteiger partial charge in [0.05, 0.1) is 17.4 Å². The van der Waals surface area contributed by atoms with Gasteiger partial charge in [0.15, 0.2) is 11.6 Å². The second kappa shape index (κ2) is 5.54. The normalized spacial score (nSPS) is 10.4. The monoisotopic (exact) mass is 341 g/mol. The van der Waals surface area contributed by atoms with Crippen LogP contribution in [0.5, 0.6) is 0 Å². The summed E-state index contributed by atoms with van der Waals surface area (Å²) in [7, 11) is 0. The standard InChI is InChI=1S/C13H10BrF2N3O/c1-6-2-7(5-18-12(6)14)19-13(20)8-3-9(15)10(16)4-11(8)17/h2-5H,17H2,1H3,(H,19,20). The highest BCUT2D eigenvalue weighted by Crippen LogP contribution is 2.20. The Morgan fingerprint density at radius 2 is 1.95 bits per heavy atom. The van der Waals surface area contributed by atoms with Crippen LogP contribution < -0.4 is 11.1 Å². The molecule has 104 valence electrons. The number of nitrogens with zero attached hydrogens (tertiary/aromatic N) is 1. The van der Waals surface area contributed by atoms with Crippen molar-refractivity contribution in [2.75, 3.05) is 11.1 Å². The van der Waals surface area contributed by atoms with Gasteiger partial charge in [-0.15, -0.1) is 0 Å². The molecule has 1 aromatic carbocycles. The van der Waals surface area contributed by atoms with Gasteiger partial charge < -0.3 is 11.1 Å². The maximum absolute atomic E-state index is 13.1. The third kappa shape index (κ3) is 2.93. The Labute approximate surface area is 122 Å². The lowest BCUT2D eigenvalue weighted by Crippen LogP contribution is -2.15. The fourth-order valence-electron chi connectivity index (χ4n) is 1.58. The van der Waals surface area contributed by atoms with Crippen LogP contribution >= 0.6 is 15.9 Å². The van der Waals surface area contributed by atoms with Crippen molar-refractivity contribution in [3.05, 3.63) is 51.8 Å². The van der Waals surface area contributed by atoms with Crippen molar-refractivity contribution in [3.63, 3.8) is 0 Å². The van der Waals surface area contributed by atoms with Gasteiger partial charge in [-0.05, 0) is 40.5 Å². The summed E-state index contributed by atoms with van der Waals surface area (Å²) in [6.07, 6.45) is 1.44. The second-order valence-corrected chi connectivity index (χ2v) is 4.89. The zero-order chi connectivity index (χ0) is 14.9. The summed E-state index contributed by atoms with van der Waals surface area (Å²) in [6, 6.07) is 3.22. The molecule has 2 aromatic rings. The van der Waals surface area contributed by atoms with E-state index < -0.39 is 17.5 Å². The Morgan fingerprint density at radius 3 is 2.60 bits per heavy atom. The Balaban J connectivity index is 2.28. The smallest absolute Gasteiger partial charge is 0.257 e. The van der Waals surface area contributed by atoms with Crippen molar-refractivity contribution < 1.29 is 13.6 Å². The van der Waals surface area contributed by atoms with Crippen LogP contribution in [0.3, 0.4) is 0 Å². The molecule has 1 heterocycles. The summed E-state index contributed by atoms with van der Waals surface area (Å²) < 4.78 is 26.7. The van der Waals surface area contributed by atoms with E-state index in [2.05, 4.69) is 26.2 Å². The molecule has 0 atom stereocenters. The van der Waals surface area contributed by atoms with Crippen LogP contribution in [-0.4, -0.2) is 10.9 Å². The number of hydrogen-bond acceptors (Lipinski definition) is 3. The number of benzene rings is 1. The van der Waals surface area contributed by atoms with E-state index in [9.17, 15) is 13.6 Å². The number of carbonyl (C=O) groups is 1. The fourth-order valence-corrected chi connectivity index (χ4v) is 1.80. The van der Waals surface area contributed by atoms with Crippen molar-refractivity contribution in [1.82, 2.24) is 4.98 Å². The largest absolute Gasteiger partial charge is 0.398 e. The van der Waals surface area contributed by atoms with Crippen LogP contribution in [0.2, 0.25) is 0 Å². The molecule has 1 amide bonds. The van der Waals surface area contributed by atoms with Crippen LogP contribution in [0, 0.1) is 18.6 Å². The van der Waals surface area contributed by atoms with Crippen molar-refractivity contribution in [3.8, 4) is 0 Å². The molecule has 3 N–H and O–H groups in total. The van der Waals surface area contributed by atoms with Gasteiger partial charge in [-0.2, -0.15) is 0 Å². The predicted molar refractivity (Wildman–Crippen MR) is 75.4 cm³/mol. The van der Waals surface area contributed by atoms with E-state index in [1.54, 1.807) is 13.0 Å². The van der Waals surface area contributed by atoms with Gasteiger partial charge in [0, 0.05) is 11.8 Å². The minimum absolute atomic E-state index is 0.135. The van der Waals surface area contributed by atoms with Gasteiger partial charge in [0.25, 0.3) is 5.91 Å². The summed E-state index contributed by atoms with van der Waals surface area (Å²) in [5.41, 5.74) is 6.49. The molecule has 0 saturated carbocycles. The number of carbonyl (C=O) groups excluding carboxylic acids is 1. The number of nitrogens with one attached hydrogen (secondary N) is 1. The Hall–Kier alpha value is -2.02. The van der Waals surface area contributed by atoms with Gasteiger partial charge in [-0.25, -0.2) is 13.8 Å². The number of nitrogen functional groups attached to an aromatic ring is 1. The number of anilines is 2. The van der Waals surface area contributed by atoms with E-state index in [0.717, 1.165) is 17.7 Å². The number of amides is 1. The fraction of sp³-hybridized carbons (Fsp3) is 0.0769. The first-order valence-electron chi connectivity index (χ1n) is 5.56. The third-order valence-electron chi connectivity index (χ3n) is 2.61. The number of aromatic nitrogens is 1. The van der Waals surface area contributed by atoms with Gasteiger partial charge in [0.2, 0.25) is 0 Å². The first-order valence-corrected chi connectivity index (χ1v) is 6.36. The van der Waals surface area contributed by atoms with Crippen LogP contribution in [0.1, 0.15) is 15.9 Å². The molecule has 0 bridgehead atoms. The molecule has 0 aliphatic rings. The minimum atomic E-state index is -1.13. The Bertz CT molecular complexity index is 692. The quantitative estimate of drug-likeness (QED) is 0.650. The molecule has 0 aliphatic heterocycles. The van der Waals surface area contributed by atoms with E-state index >= 15 is 0 Å². The molecule has 0 aliphatic carbocycles. The summed E-state index contributed by atoms with van der Waals surface area (Å²) >= 11 is 3.23. The van der Waals surface area contributed by atoms with Gasteiger partial charge in [-0.3, -0.25) is 4.79 Å². The number of rotatable bonds is 2. The van der Waals surface area contributed by atoms with Crippen LogP contribution in [0.4, 0.5) is 20.2 Å². The van der Waals surface area contributed by atoms with Gasteiger partial charge >= 0.3 is 0 Å². The number of aryl methyl sites for hydroxylation is 1. The Morgan fingerprint density at radius 1 is 1.30 bits per heavy atom. The summed E-state index contributed by atoms with van der Waals surface area (Å²) in [4.78, 5) is 16.0. The number of pyridine rings is 1. The van der Waals surface area contributed by atoms with E-state index in [4.69, 9.17) is 5.73 Å². The second-order valence-electron chi connectivity index (χ2n) is 4.14. The number of halogens is 3. The maximum atomic E-state index is 13.1. The molecule has 0 radical (unpaired) electrons. The van der Waals surface area contributed by atoms with E-state index in [1.807, 2.05) is 0 Å². The lowest BCUT2D eigenvalue weighted by Gasteiger charge is -2.09. The van der Waals surface area contributed by atoms with Gasteiger partial charge in [-0.1, -0.05) is 0 Å². The van der Waals surface area contributed by atoms with E-state index in [-0.39, 0.29) is 11.3 Å². The van der Waals surface area contributed by atoms with Crippen molar-refractivity contribution in [2.45, 2.75) is 6.92 Å². The lowest BCUT2D eigenvalue weighted by molar-refractivity contribution is 0.102. The first-order chi connectivity index (χ1) is 9.38. The molecule has 0 saturated heterocycles. The molecule has 0 fully saturated rings. The number of hydrogen-bond donors (Lipinski definition) is 2. The molecule has 2 rings (SSSR count).